The Morgan fingerprint density at radius 3 is 2.55 bits per heavy atom. The van der Waals surface area contributed by atoms with Gasteiger partial charge in [0, 0.05) is 6.54 Å². The highest BCUT2D eigenvalue weighted by atomic mass is 16.3. The number of nitrogens with one attached hydrogen (secondary N) is 1. The van der Waals surface area contributed by atoms with Crippen molar-refractivity contribution in [1.29, 1.82) is 0 Å². The number of hydrogen-bond acceptors (Lipinski definition) is 3. The van der Waals surface area contributed by atoms with Gasteiger partial charge in [0.25, 0.3) is 5.56 Å². The normalized spacial score (nSPS) is 16.1. The molecule has 0 saturated heterocycles. The molecule has 0 amide bonds. The predicted octanol–water partition coefficient (Wildman–Crippen LogP) is 2.34. The lowest BCUT2D eigenvalue weighted by Gasteiger charge is -2.14. The third kappa shape index (κ3) is 3.14. The first-order valence-electron chi connectivity index (χ1n) is 7.56. The van der Waals surface area contributed by atoms with Crippen LogP contribution in [0.15, 0.2) is 9.59 Å². The predicted molar refractivity (Wildman–Crippen MR) is 78.3 cm³/mol. The highest BCUT2D eigenvalue weighted by molar-refractivity contribution is 5.25. The zero-order chi connectivity index (χ0) is 14.7. The third-order valence-electron chi connectivity index (χ3n) is 4.25. The summed E-state index contributed by atoms with van der Waals surface area (Å²) in [6.45, 7) is 4.13. The van der Waals surface area contributed by atoms with E-state index in [1.165, 1.54) is 30.3 Å². The van der Waals surface area contributed by atoms with Crippen LogP contribution >= 0.6 is 0 Å². The minimum absolute atomic E-state index is 0.111. The number of rotatable bonds is 5. The van der Waals surface area contributed by atoms with Gasteiger partial charge in [0.2, 0.25) is 5.88 Å². The van der Waals surface area contributed by atoms with Crippen LogP contribution < -0.4 is 11.2 Å². The Bertz CT molecular complexity index is 565. The maximum absolute atomic E-state index is 11.8. The van der Waals surface area contributed by atoms with E-state index in [2.05, 4.69) is 4.98 Å². The standard InChI is InChI=1S/C15H24N2O3/c1-10(2)12-13(18)16-15(20)17(14(12)19)9-5-8-11-6-3-4-7-11/h10-11,19H,3-9H2,1-2H3,(H,16,18,20). The maximum Gasteiger partial charge on any atom is 0.331 e. The van der Waals surface area contributed by atoms with Crippen LogP contribution in [0.1, 0.15) is 63.9 Å². The van der Waals surface area contributed by atoms with Crippen molar-refractivity contribution >= 4 is 0 Å². The molecule has 1 saturated carbocycles. The van der Waals surface area contributed by atoms with Gasteiger partial charge in [-0.3, -0.25) is 14.3 Å². The van der Waals surface area contributed by atoms with E-state index in [1.807, 2.05) is 13.8 Å². The van der Waals surface area contributed by atoms with Crippen molar-refractivity contribution in [3.05, 3.63) is 26.4 Å². The fourth-order valence-electron chi connectivity index (χ4n) is 3.14. The molecule has 0 aromatic carbocycles. The quantitative estimate of drug-likeness (QED) is 0.869. The van der Waals surface area contributed by atoms with Crippen LogP contribution in [-0.4, -0.2) is 14.7 Å². The molecule has 112 valence electrons. The zero-order valence-electron chi connectivity index (χ0n) is 12.3. The summed E-state index contributed by atoms with van der Waals surface area (Å²) in [5.74, 6) is 0.487. The minimum atomic E-state index is -0.511. The number of H-pyrrole nitrogens is 1. The number of aromatic hydroxyl groups is 1. The Morgan fingerprint density at radius 1 is 1.30 bits per heavy atom. The van der Waals surface area contributed by atoms with E-state index in [4.69, 9.17) is 0 Å². The molecule has 0 spiro atoms. The largest absolute Gasteiger partial charge is 0.494 e. The van der Waals surface area contributed by atoms with Gasteiger partial charge in [-0.15, -0.1) is 0 Å². The van der Waals surface area contributed by atoms with Crippen LogP contribution in [0, 0.1) is 5.92 Å². The van der Waals surface area contributed by atoms with Crippen LogP contribution in [0.4, 0.5) is 0 Å². The van der Waals surface area contributed by atoms with Crippen LogP contribution in [0.2, 0.25) is 0 Å². The summed E-state index contributed by atoms with van der Waals surface area (Å²) >= 11 is 0. The molecule has 2 N–H and O–H groups in total. The van der Waals surface area contributed by atoms with Crippen molar-refractivity contribution in [2.24, 2.45) is 5.92 Å². The fourth-order valence-corrected chi connectivity index (χ4v) is 3.14. The van der Waals surface area contributed by atoms with Gasteiger partial charge in [-0.05, 0) is 24.7 Å². The SMILES string of the molecule is CC(C)c1c(O)n(CCCC2CCCC2)c(=O)[nH]c1=O. The zero-order valence-corrected chi connectivity index (χ0v) is 12.3. The summed E-state index contributed by atoms with van der Waals surface area (Å²) in [4.78, 5) is 25.8. The van der Waals surface area contributed by atoms with E-state index in [9.17, 15) is 14.7 Å². The van der Waals surface area contributed by atoms with Crippen LogP contribution in [0.5, 0.6) is 5.88 Å². The fraction of sp³-hybridized carbons (Fsp3) is 0.733. The summed E-state index contributed by atoms with van der Waals surface area (Å²) in [6, 6.07) is 0. The molecular weight excluding hydrogens is 256 g/mol. The number of nitrogens with zero attached hydrogens (tertiary/aromatic N) is 1. The Balaban J connectivity index is 2.12. The summed E-state index contributed by atoms with van der Waals surface area (Å²) in [6.07, 6.45) is 7.13. The molecule has 2 rings (SSSR count). The lowest BCUT2D eigenvalue weighted by Crippen LogP contribution is -2.32. The first-order chi connectivity index (χ1) is 9.50. The van der Waals surface area contributed by atoms with E-state index in [0.717, 1.165) is 18.8 Å². The molecule has 0 aliphatic heterocycles. The molecule has 1 aromatic rings. The van der Waals surface area contributed by atoms with Gasteiger partial charge in [0.15, 0.2) is 0 Å². The second-order valence-corrected chi connectivity index (χ2v) is 6.10. The van der Waals surface area contributed by atoms with Crippen molar-refractivity contribution in [2.75, 3.05) is 0 Å². The molecule has 0 radical (unpaired) electrons. The van der Waals surface area contributed by atoms with Gasteiger partial charge in [-0.2, -0.15) is 0 Å². The minimum Gasteiger partial charge on any atom is -0.494 e. The van der Waals surface area contributed by atoms with Gasteiger partial charge < -0.3 is 5.11 Å². The monoisotopic (exact) mass is 280 g/mol. The van der Waals surface area contributed by atoms with Gasteiger partial charge in [0.1, 0.15) is 0 Å². The first-order valence-corrected chi connectivity index (χ1v) is 7.56. The smallest absolute Gasteiger partial charge is 0.331 e. The summed E-state index contributed by atoms with van der Waals surface area (Å²) in [7, 11) is 0. The number of aromatic amines is 1. The molecule has 5 heteroatoms. The number of aromatic nitrogens is 2. The molecule has 0 bridgehead atoms. The third-order valence-corrected chi connectivity index (χ3v) is 4.25. The van der Waals surface area contributed by atoms with Crippen molar-refractivity contribution in [2.45, 2.75) is 64.8 Å². The highest BCUT2D eigenvalue weighted by Gasteiger charge is 2.18. The van der Waals surface area contributed by atoms with Gasteiger partial charge in [-0.1, -0.05) is 39.5 Å². The molecule has 5 nitrogen and oxygen atoms in total. The van der Waals surface area contributed by atoms with Crippen LogP contribution in [0.3, 0.4) is 0 Å². The van der Waals surface area contributed by atoms with Gasteiger partial charge >= 0.3 is 5.69 Å². The molecule has 1 aliphatic carbocycles. The Hall–Kier alpha value is -1.52. The van der Waals surface area contributed by atoms with E-state index in [0.29, 0.717) is 12.1 Å². The van der Waals surface area contributed by atoms with Crippen molar-refractivity contribution < 1.29 is 5.11 Å². The molecule has 20 heavy (non-hydrogen) atoms. The second kappa shape index (κ2) is 6.29. The molecule has 1 heterocycles. The first kappa shape index (κ1) is 14.9. The molecule has 1 aromatic heterocycles. The maximum atomic E-state index is 11.8. The molecular formula is C15H24N2O3. The van der Waals surface area contributed by atoms with Gasteiger partial charge in [0.05, 0.1) is 5.56 Å². The van der Waals surface area contributed by atoms with Crippen LogP contribution in [-0.2, 0) is 6.54 Å². The molecule has 1 aliphatic rings. The Kier molecular flexibility index (Phi) is 4.68. The van der Waals surface area contributed by atoms with E-state index < -0.39 is 11.2 Å². The lowest BCUT2D eigenvalue weighted by molar-refractivity contribution is 0.373. The van der Waals surface area contributed by atoms with Crippen molar-refractivity contribution in [3.63, 3.8) is 0 Å². The second-order valence-electron chi connectivity index (χ2n) is 6.10. The average molecular weight is 280 g/mol. The Labute approximate surface area is 118 Å². The Morgan fingerprint density at radius 2 is 1.95 bits per heavy atom. The summed E-state index contributed by atoms with van der Waals surface area (Å²) < 4.78 is 1.30. The lowest BCUT2D eigenvalue weighted by atomic mass is 10.0. The summed E-state index contributed by atoms with van der Waals surface area (Å²) in [5, 5.41) is 10.2. The van der Waals surface area contributed by atoms with E-state index in [1.54, 1.807) is 0 Å². The van der Waals surface area contributed by atoms with Gasteiger partial charge in [-0.25, -0.2) is 4.79 Å². The van der Waals surface area contributed by atoms with Crippen LogP contribution in [0.25, 0.3) is 0 Å². The molecule has 0 unspecified atom stereocenters. The summed E-state index contributed by atoms with van der Waals surface area (Å²) in [5.41, 5.74) is -0.691. The number of hydrogen-bond donors (Lipinski definition) is 2. The van der Waals surface area contributed by atoms with E-state index >= 15 is 0 Å². The molecule has 1 fully saturated rings. The highest BCUT2D eigenvalue weighted by Crippen LogP contribution is 2.29. The van der Waals surface area contributed by atoms with Crippen molar-refractivity contribution in [3.8, 4) is 5.88 Å². The van der Waals surface area contributed by atoms with Crippen molar-refractivity contribution in [1.82, 2.24) is 9.55 Å². The molecule has 0 atom stereocenters. The topological polar surface area (TPSA) is 75.1 Å². The van der Waals surface area contributed by atoms with E-state index in [-0.39, 0.29) is 11.8 Å². The average Bonchev–Trinajstić information content (AvgIpc) is 2.85.